The number of likely N-dealkylation sites (tertiary alicyclic amines) is 1. The summed E-state index contributed by atoms with van der Waals surface area (Å²) in [6.07, 6.45) is 9.01. The minimum absolute atomic E-state index is 0.342. The number of anilines is 2. The standard InChI is InChI=1S/C27H34N8O2/c1-19(2)20-12-27(33-29-14-20)32-26-6-5-24-25(31-26)11-21(13-28-24)22-15-30-35(16-22)8-4-7-34-17-23(18-34)37-10-9-36-3/h5-6,11-16,19,23H,4,7-10,17-18H2,1-3H3,(H,31,32,33). The molecule has 1 saturated heterocycles. The summed E-state index contributed by atoms with van der Waals surface area (Å²) in [5, 5.41) is 16.1. The highest BCUT2D eigenvalue weighted by atomic mass is 16.5. The molecule has 1 fully saturated rings. The van der Waals surface area contributed by atoms with Crippen LogP contribution in [0.1, 0.15) is 31.7 Å². The van der Waals surface area contributed by atoms with Crippen molar-refractivity contribution in [2.24, 2.45) is 0 Å². The number of pyridine rings is 2. The van der Waals surface area contributed by atoms with E-state index in [1.807, 2.05) is 35.3 Å². The zero-order valence-electron chi connectivity index (χ0n) is 21.7. The Bertz CT molecular complexity index is 1320. The van der Waals surface area contributed by atoms with Crippen LogP contribution in [0.25, 0.3) is 22.2 Å². The lowest BCUT2D eigenvalue weighted by atomic mass is 10.1. The molecule has 0 amide bonds. The van der Waals surface area contributed by atoms with E-state index in [9.17, 15) is 0 Å². The molecule has 10 heteroatoms. The smallest absolute Gasteiger partial charge is 0.154 e. The van der Waals surface area contributed by atoms with E-state index >= 15 is 0 Å². The molecule has 194 valence electrons. The van der Waals surface area contributed by atoms with E-state index in [0.29, 0.717) is 36.9 Å². The second kappa shape index (κ2) is 11.7. The first-order valence-corrected chi connectivity index (χ1v) is 12.8. The highest BCUT2D eigenvalue weighted by Gasteiger charge is 2.26. The molecule has 1 N–H and O–H groups in total. The molecule has 37 heavy (non-hydrogen) atoms. The molecule has 10 nitrogen and oxygen atoms in total. The van der Waals surface area contributed by atoms with E-state index in [1.165, 1.54) is 0 Å². The van der Waals surface area contributed by atoms with Gasteiger partial charge in [0.15, 0.2) is 5.82 Å². The SMILES string of the molecule is COCCOC1CN(CCCn2cc(-c3cnc4ccc(Nc5cc(C(C)C)cnn5)nc4c3)cn2)C1. The lowest BCUT2D eigenvalue weighted by Crippen LogP contribution is -2.52. The maximum Gasteiger partial charge on any atom is 0.154 e. The van der Waals surface area contributed by atoms with Gasteiger partial charge >= 0.3 is 0 Å². The van der Waals surface area contributed by atoms with Crippen LogP contribution in [0.4, 0.5) is 11.6 Å². The van der Waals surface area contributed by atoms with Crippen molar-refractivity contribution in [3.05, 3.63) is 54.6 Å². The summed E-state index contributed by atoms with van der Waals surface area (Å²) in [7, 11) is 1.70. The molecular weight excluding hydrogens is 468 g/mol. The molecule has 5 heterocycles. The van der Waals surface area contributed by atoms with Crippen LogP contribution in [-0.4, -0.2) is 80.9 Å². The molecule has 0 radical (unpaired) electrons. The molecule has 1 aliphatic heterocycles. The lowest BCUT2D eigenvalue weighted by molar-refractivity contribution is -0.0671. The zero-order chi connectivity index (χ0) is 25.6. The molecule has 5 rings (SSSR count). The number of nitrogens with zero attached hydrogens (tertiary/aromatic N) is 7. The van der Waals surface area contributed by atoms with Gasteiger partial charge in [-0.2, -0.15) is 10.2 Å². The third-order valence-electron chi connectivity index (χ3n) is 6.53. The minimum atomic E-state index is 0.342. The Morgan fingerprint density at radius 3 is 2.73 bits per heavy atom. The maximum atomic E-state index is 5.74. The van der Waals surface area contributed by atoms with Crippen LogP contribution in [-0.2, 0) is 16.0 Å². The van der Waals surface area contributed by atoms with Gasteiger partial charge in [-0.25, -0.2) is 4.98 Å². The molecule has 0 atom stereocenters. The van der Waals surface area contributed by atoms with Gasteiger partial charge in [-0.3, -0.25) is 14.6 Å². The average Bonchev–Trinajstić information content (AvgIpc) is 3.35. The van der Waals surface area contributed by atoms with Crippen molar-refractivity contribution in [1.29, 1.82) is 0 Å². The number of hydrogen-bond donors (Lipinski definition) is 1. The van der Waals surface area contributed by atoms with E-state index in [4.69, 9.17) is 14.5 Å². The first-order chi connectivity index (χ1) is 18.1. The van der Waals surface area contributed by atoms with Crippen LogP contribution in [0.15, 0.2) is 49.1 Å². The van der Waals surface area contributed by atoms with Crippen LogP contribution in [0.2, 0.25) is 0 Å². The van der Waals surface area contributed by atoms with Gasteiger partial charge in [-0.1, -0.05) is 13.8 Å². The van der Waals surface area contributed by atoms with Gasteiger partial charge in [0.05, 0.1) is 42.7 Å². The number of hydrogen-bond acceptors (Lipinski definition) is 9. The molecule has 0 bridgehead atoms. The topological polar surface area (TPSA) is 103 Å². The third-order valence-corrected chi connectivity index (χ3v) is 6.53. The van der Waals surface area contributed by atoms with Crippen LogP contribution >= 0.6 is 0 Å². The van der Waals surface area contributed by atoms with Gasteiger partial charge in [0.2, 0.25) is 0 Å². The van der Waals surface area contributed by atoms with Crippen LogP contribution in [0.5, 0.6) is 0 Å². The Balaban J connectivity index is 1.17. The Hall–Kier alpha value is -3.47. The number of methoxy groups -OCH3 is 1. The molecule has 0 spiro atoms. The quantitative estimate of drug-likeness (QED) is 0.289. The van der Waals surface area contributed by atoms with Crippen LogP contribution in [0, 0.1) is 0 Å². The fraction of sp³-hybridized carbons (Fsp3) is 0.444. The summed E-state index contributed by atoms with van der Waals surface area (Å²) in [6, 6.07) is 7.92. The molecule has 4 aromatic rings. The summed E-state index contributed by atoms with van der Waals surface area (Å²) in [5.74, 6) is 1.76. The Kier molecular flexibility index (Phi) is 7.98. The van der Waals surface area contributed by atoms with Crippen molar-refractivity contribution in [2.75, 3.05) is 45.3 Å². The largest absolute Gasteiger partial charge is 0.382 e. The number of aromatic nitrogens is 6. The van der Waals surface area contributed by atoms with Gasteiger partial charge in [-0.15, -0.1) is 5.10 Å². The fourth-order valence-corrected chi connectivity index (χ4v) is 4.32. The van der Waals surface area contributed by atoms with E-state index in [2.05, 4.69) is 56.6 Å². The van der Waals surface area contributed by atoms with Gasteiger partial charge in [0, 0.05) is 56.8 Å². The summed E-state index contributed by atoms with van der Waals surface area (Å²) in [4.78, 5) is 11.8. The second-order valence-corrected chi connectivity index (χ2v) is 9.70. The Morgan fingerprint density at radius 1 is 1.00 bits per heavy atom. The van der Waals surface area contributed by atoms with Gasteiger partial charge in [0.1, 0.15) is 5.82 Å². The van der Waals surface area contributed by atoms with Crippen molar-refractivity contribution in [3.63, 3.8) is 0 Å². The summed E-state index contributed by atoms with van der Waals surface area (Å²) < 4.78 is 12.8. The van der Waals surface area contributed by atoms with Crippen molar-refractivity contribution >= 4 is 22.7 Å². The molecule has 0 unspecified atom stereocenters. The normalized spacial score (nSPS) is 14.4. The van der Waals surface area contributed by atoms with E-state index in [-0.39, 0.29) is 0 Å². The van der Waals surface area contributed by atoms with E-state index in [0.717, 1.165) is 60.3 Å². The van der Waals surface area contributed by atoms with Crippen LogP contribution in [0.3, 0.4) is 0 Å². The molecular formula is C27H34N8O2. The second-order valence-electron chi connectivity index (χ2n) is 9.70. The predicted octanol–water partition coefficient (Wildman–Crippen LogP) is 3.89. The molecule has 0 aliphatic carbocycles. The van der Waals surface area contributed by atoms with Gasteiger partial charge < -0.3 is 14.8 Å². The van der Waals surface area contributed by atoms with Crippen molar-refractivity contribution < 1.29 is 9.47 Å². The first kappa shape index (κ1) is 25.2. The maximum absolute atomic E-state index is 5.74. The van der Waals surface area contributed by atoms with Crippen molar-refractivity contribution in [3.8, 4) is 11.1 Å². The van der Waals surface area contributed by atoms with Crippen LogP contribution < -0.4 is 5.32 Å². The summed E-state index contributed by atoms with van der Waals surface area (Å²) >= 11 is 0. The minimum Gasteiger partial charge on any atom is -0.382 e. The summed E-state index contributed by atoms with van der Waals surface area (Å²) in [6.45, 7) is 9.49. The number of aryl methyl sites for hydroxylation is 1. The highest BCUT2D eigenvalue weighted by molar-refractivity contribution is 5.81. The van der Waals surface area contributed by atoms with Gasteiger partial charge in [0.25, 0.3) is 0 Å². The molecule has 0 saturated carbocycles. The first-order valence-electron chi connectivity index (χ1n) is 12.8. The number of ether oxygens (including phenoxy) is 2. The number of nitrogens with one attached hydrogen (secondary N) is 1. The number of rotatable bonds is 12. The highest BCUT2D eigenvalue weighted by Crippen LogP contribution is 2.24. The molecule has 1 aliphatic rings. The fourth-order valence-electron chi connectivity index (χ4n) is 4.32. The molecule has 4 aromatic heterocycles. The predicted molar refractivity (Wildman–Crippen MR) is 143 cm³/mol. The average molecular weight is 503 g/mol. The van der Waals surface area contributed by atoms with Crippen molar-refractivity contribution in [2.45, 2.75) is 38.8 Å². The monoisotopic (exact) mass is 502 g/mol. The van der Waals surface area contributed by atoms with E-state index in [1.54, 1.807) is 13.3 Å². The molecule has 0 aromatic carbocycles. The van der Waals surface area contributed by atoms with Gasteiger partial charge in [-0.05, 0) is 42.2 Å². The summed E-state index contributed by atoms with van der Waals surface area (Å²) in [5.41, 5.74) is 4.79. The Labute approximate surface area is 217 Å². The third kappa shape index (κ3) is 6.46. The van der Waals surface area contributed by atoms with E-state index < -0.39 is 0 Å². The Morgan fingerprint density at radius 2 is 1.89 bits per heavy atom. The number of fused-ring (bicyclic) bond motifs is 1. The lowest BCUT2D eigenvalue weighted by Gasteiger charge is -2.38. The van der Waals surface area contributed by atoms with Crippen molar-refractivity contribution in [1.82, 2.24) is 34.8 Å². The zero-order valence-corrected chi connectivity index (χ0v) is 21.7.